The molecular formula is C35H60O3. The van der Waals surface area contributed by atoms with Gasteiger partial charge in [0.25, 0.3) is 0 Å². The van der Waals surface area contributed by atoms with Gasteiger partial charge in [0.1, 0.15) is 5.75 Å². The highest BCUT2D eigenvalue weighted by atomic mass is 16.5. The van der Waals surface area contributed by atoms with Crippen molar-refractivity contribution in [2.75, 3.05) is 6.61 Å². The Morgan fingerprint density at radius 2 is 1.24 bits per heavy atom. The molecule has 0 unspecified atom stereocenters. The molecule has 38 heavy (non-hydrogen) atoms. The van der Waals surface area contributed by atoms with Crippen LogP contribution >= 0.6 is 0 Å². The molecule has 1 N–H and O–H groups in total. The molecule has 1 aliphatic rings. The summed E-state index contributed by atoms with van der Waals surface area (Å²) in [7, 11) is 0. The summed E-state index contributed by atoms with van der Waals surface area (Å²) >= 11 is 0. The Hall–Kier alpha value is -1.51. The van der Waals surface area contributed by atoms with Crippen molar-refractivity contribution in [2.45, 2.75) is 174 Å². The summed E-state index contributed by atoms with van der Waals surface area (Å²) in [5.74, 6) is 0.405. The molecule has 2 rings (SSSR count). The van der Waals surface area contributed by atoms with E-state index in [0.717, 1.165) is 49.7 Å². The second-order valence-corrected chi connectivity index (χ2v) is 12.9. The molecule has 1 aliphatic carbocycles. The van der Waals surface area contributed by atoms with Gasteiger partial charge >= 0.3 is 5.97 Å². The zero-order chi connectivity index (χ0) is 27.6. The SMILES string of the molecule is CCCCCCCCCCCCCCCCCCOC(=O)CCc1cc(C(C)(C)C)c(O)c2c1CCCC2. The van der Waals surface area contributed by atoms with Crippen LogP contribution in [0, 0.1) is 0 Å². The van der Waals surface area contributed by atoms with E-state index in [-0.39, 0.29) is 11.4 Å². The van der Waals surface area contributed by atoms with Gasteiger partial charge in [-0.3, -0.25) is 4.79 Å². The van der Waals surface area contributed by atoms with Crippen molar-refractivity contribution in [1.82, 2.24) is 0 Å². The van der Waals surface area contributed by atoms with Gasteiger partial charge < -0.3 is 9.84 Å². The summed E-state index contributed by atoms with van der Waals surface area (Å²) in [6, 6.07) is 2.16. The summed E-state index contributed by atoms with van der Waals surface area (Å²) in [4.78, 5) is 12.4. The van der Waals surface area contributed by atoms with Crippen LogP contribution < -0.4 is 0 Å². The van der Waals surface area contributed by atoms with Gasteiger partial charge in [0.05, 0.1) is 6.61 Å². The highest BCUT2D eigenvalue weighted by molar-refractivity contribution is 5.70. The van der Waals surface area contributed by atoms with Crippen molar-refractivity contribution in [1.29, 1.82) is 0 Å². The minimum Gasteiger partial charge on any atom is -0.507 e. The summed E-state index contributed by atoms with van der Waals surface area (Å²) in [6.07, 6.45) is 27.0. The number of esters is 1. The van der Waals surface area contributed by atoms with Gasteiger partial charge in [-0.2, -0.15) is 0 Å². The average Bonchev–Trinajstić information content (AvgIpc) is 2.89. The molecule has 1 aromatic rings. The molecule has 0 fully saturated rings. The molecule has 3 heteroatoms. The molecule has 0 aliphatic heterocycles. The lowest BCUT2D eigenvalue weighted by molar-refractivity contribution is -0.143. The first kappa shape index (κ1) is 32.7. The Bertz CT molecular complexity index is 789. The van der Waals surface area contributed by atoms with Crippen molar-refractivity contribution in [3.63, 3.8) is 0 Å². The van der Waals surface area contributed by atoms with Crippen LogP contribution in [0.25, 0.3) is 0 Å². The van der Waals surface area contributed by atoms with E-state index < -0.39 is 0 Å². The Balaban J connectivity index is 1.51. The largest absolute Gasteiger partial charge is 0.507 e. The molecule has 0 aromatic heterocycles. The minimum absolute atomic E-state index is 0.0825. The standard InChI is InChI=1S/C35H60O3/c1-5-6-7-8-9-10-11-12-13-14-15-16-17-18-19-22-27-38-33(36)26-25-29-28-32(35(2,3)4)34(37)31-24-21-20-23-30(29)31/h28,37H,5-27H2,1-4H3. The number of hydrogen-bond donors (Lipinski definition) is 1. The molecule has 1 aromatic carbocycles. The molecule has 0 heterocycles. The number of carbonyl (C=O) groups is 1. The number of unbranched alkanes of at least 4 members (excludes halogenated alkanes) is 15. The lowest BCUT2D eigenvalue weighted by atomic mass is 9.78. The molecule has 218 valence electrons. The Morgan fingerprint density at radius 3 is 1.74 bits per heavy atom. The van der Waals surface area contributed by atoms with E-state index in [2.05, 4.69) is 33.8 Å². The molecule has 0 radical (unpaired) electrons. The van der Waals surface area contributed by atoms with Crippen LogP contribution in [0.5, 0.6) is 5.75 Å². The number of aromatic hydroxyl groups is 1. The van der Waals surface area contributed by atoms with Crippen molar-refractivity contribution in [3.8, 4) is 5.75 Å². The fourth-order valence-corrected chi connectivity index (χ4v) is 5.95. The second kappa shape index (κ2) is 18.7. The van der Waals surface area contributed by atoms with Crippen molar-refractivity contribution >= 4 is 5.97 Å². The van der Waals surface area contributed by atoms with E-state index in [0.29, 0.717) is 25.2 Å². The van der Waals surface area contributed by atoms with Crippen LogP contribution in [-0.4, -0.2) is 17.7 Å². The average molecular weight is 529 g/mol. The normalized spacial score (nSPS) is 13.5. The number of phenolic OH excluding ortho intramolecular Hbond substituents is 1. The van der Waals surface area contributed by atoms with Gasteiger partial charge in [-0.05, 0) is 66.2 Å². The van der Waals surface area contributed by atoms with E-state index in [4.69, 9.17) is 4.74 Å². The lowest BCUT2D eigenvalue weighted by Gasteiger charge is -2.28. The summed E-state index contributed by atoms with van der Waals surface area (Å²) in [5.41, 5.74) is 4.54. The third-order valence-corrected chi connectivity index (χ3v) is 8.38. The predicted octanol–water partition coefficient (Wildman–Crippen LogP) is 10.3. The van der Waals surface area contributed by atoms with E-state index in [1.165, 1.54) is 101 Å². The highest BCUT2D eigenvalue weighted by Crippen LogP contribution is 2.40. The minimum atomic E-state index is -0.112. The lowest BCUT2D eigenvalue weighted by Crippen LogP contribution is -2.17. The third kappa shape index (κ3) is 12.6. The van der Waals surface area contributed by atoms with Crippen molar-refractivity contribution < 1.29 is 14.6 Å². The monoisotopic (exact) mass is 528 g/mol. The number of aryl methyl sites for hydroxylation is 1. The Kier molecular flexibility index (Phi) is 16.1. The first-order chi connectivity index (χ1) is 18.3. The zero-order valence-corrected chi connectivity index (χ0v) is 25.6. The molecular weight excluding hydrogens is 468 g/mol. The number of carbonyl (C=O) groups excluding carboxylic acids is 1. The molecule has 0 saturated heterocycles. The van der Waals surface area contributed by atoms with E-state index >= 15 is 0 Å². The molecule has 0 saturated carbocycles. The number of fused-ring (bicyclic) bond motifs is 1. The molecule has 0 bridgehead atoms. The number of hydrogen-bond acceptors (Lipinski definition) is 3. The van der Waals surface area contributed by atoms with Gasteiger partial charge in [0.15, 0.2) is 0 Å². The van der Waals surface area contributed by atoms with Crippen LogP contribution in [0.4, 0.5) is 0 Å². The maximum absolute atomic E-state index is 12.4. The number of rotatable bonds is 20. The van der Waals surface area contributed by atoms with Gasteiger partial charge in [-0.1, -0.05) is 130 Å². The molecule has 0 spiro atoms. The van der Waals surface area contributed by atoms with Gasteiger partial charge in [-0.15, -0.1) is 0 Å². The van der Waals surface area contributed by atoms with Crippen molar-refractivity contribution in [2.24, 2.45) is 0 Å². The van der Waals surface area contributed by atoms with Crippen LogP contribution in [0.15, 0.2) is 6.07 Å². The van der Waals surface area contributed by atoms with Gasteiger partial charge in [-0.25, -0.2) is 0 Å². The first-order valence-electron chi connectivity index (χ1n) is 16.4. The van der Waals surface area contributed by atoms with E-state index in [9.17, 15) is 9.90 Å². The topological polar surface area (TPSA) is 46.5 Å². The molecule has 0 atom stereocenters. The van der Waals surface area contributed by atoms with Gasteiger partial charge in [0.2, 0.25) is 0 Å². The summed E-state index contributed by atoms with van der Waals surface area (Å²) in [6.45, 7) is 9.28. The van der Waals surface area contributed by atoms with Crippen LogP contribution in [0.1, 0.15) is 172 Å². The van der Waals surface area contributed by atoms with E-state index in [1.807, 2.05) is 0 Å². The second-order valence-electron chi connectivity index (χ2n) is 12.9. The summed E-state index contributed by atoms with van der Waals surface area (Å²) in [5, 5.41) is 10.9. The van der Waals surface area contributed by atoms with Crippen LogP contribution in [-0.2, 0) is 34.2 Å². The fraction of sp³-hybridized carbons (Fsp3) is 0.800. The summed E-state index contributed by atoms with van der Waals surface area (Å²) < 4.78 is 5.56. The number of benzene rings is 1. The number of ether oxygens (including phenoxy) is 1. The predicted molar refractivity (Wildman–Crippen MR) is 162 cm³/mol. The smallest absolute Gasteiger partial charge is 0.306 e. The Morgan fingerprint density at radius 1 is 0.763 bits per heavy atom. The molecule has 3 nitrogen and oxygen atoms in total. The Labute approximate surface area is 235 Å². The number of phenols is 1. The first-order valence-corrected chi connectivity index (χ1v) is 16.4. The highest BCUT2D eigenvalue weighted by Gasteiger charge is 2.26. The van der Waals surface area contributed by atoms with Crippen LogP contribution in [0.2, 0.25) is 0 Å². The maximum atomic E-state index is 12.4. The molecule has 0 amide bonds. The zero-order valence-electron chi connectivity index (χ0n) is 25.6. The quantitative estimate of drug-likeness (QED) is 0.135. The van der Waals surface area contributed by atoms with E-state index in [1.54, 1.807) is 0 Å². The maximum Gasteiger partial charge on any atom is 0.306 e. The van der Waals surface area contributed by atoms with Gasteiger partial charge in [0, 0.05) is 6.42 Å². The van der Waals surface area contributed by atoms with Crippen molar-refractivity contribution in [3.05, 3.63) is 28.3 Å². The van der Waals surface area contributed by atoms with Crippen LogP contribution in [0.3, 0.4) is 0 Å². The fourth-order valence-electron chi connectivity index (χ4n) is 5.95. The third-order valence-electron chi connectivity index (χ3n) is 8.38.